The van der Waals surface area contributed by atoms with Gasteiger partial charge < -0.3 is 9.80 Å². The standard InChI is InChI=1S/C13H18N2O2S/c1-14(2)10-5-7-15(8-6-10)13(17)12(16)11-4-3-9-18-11/h3-4,9-10H,5-8H2,1-2H3. The quantitative estimate of drug-likeness (QED) is 0.614. The lowest BCUT2D eigenvalue weighted by Crippen LogP contribution is -2.46. The molecule has 0 saturated carbocycles. The lowest BCUT2D eigenvalue weighted by molar-refractivity contribution is -0.127. The van der Waals surface area contributed by atoms with Crippen LogP contribution in [-0.2, 0) is 4.79 Å². The molecule has 0 spiro atoms. The van der Waals surface area contributed by atoms with Crippen molar-refractivity contribution in [2.75, 3.05) is 27.2 Å². The van der Waals surface area contributed by atoms with Crippen molar-refractivity contribution in [2.24, 2.45) is 0 Å². The van der Waals surface area contributed by atoms with E-state index in [1.54, 1.807) is 17.0 Å². The molecule has 0 aromatic carbocycles. The first-order valence-corrected chi connectivity index (χ1v) is 7.01. The summed E-state index contributed by atoms with van der Waals surface area (Å²) in [5, 5.41) is 1.82. The number of carbonyl (C=O) groups is 2. The minimum absolute atomic E-state index is 0.352. The zero-order valence-corrected chi connectivity index (χ0v) is 11.6. The minimum atomic E-state index is -0.367. The average Bonchev–Trinajstić information content (AvgIpc) is 2.91. The molecule has 1 saturated heterocycles. The van der Waals surface area contributed by atoms with Gasteiger partial charge in [-0.2, -0.15) is 0 Å². The van der Waals surface area contributed by atoms with Crippen LogP contribution in [0.25, 0.3) is 0 Å². The predicted molar refractivity (Wildman–Crippen MR) is 71.9 cm³/mol. The third-order valence-electron chi connectivity index (χ3n) is 3.42. The van der Waals surface area contributed by atoms with E-state index in [9.17, 15) is 9.59 Å². The maximum atomic E-state index is 12.0. The van der Waals surface area contributed by atoms with Crippen LogP contribution in [0, 0.1) is 0 Å². The smallest absolute Gasteiger partial charge is 0.295 e. The Hall–Kier alpha value is -1.20. The number of hydrogen-bond acceptors (Lipinski definition) is 4. The third kappa shape index (κ3) is 2.79. The number of amides is 1. The van der Waals surface area contributed by atoms with Gasteiger partial charge in [-0.25, -0.2) is 0 Å². The number of carbonyl (C=O) groups excluding carboxylic acids is 2. The average molecular weight is 266 g/mol. The van der Waals surface area contributed by atoms with Crippen LogP contribution in [0.2, 0.25) is 0 Å². The Balaban J connectivity index is 1.94. The molecule has 1 amide bonds. The summed E-state index contributed by atoms with van der Waals surface area (Å²) in [5.41, 5.74) is 0. The van der Waals surface area contributed by atoms with Gasteiger partial charge in [0.05, 0.1) is 4.88 Å². The topological polar surface area (TPSA) is 40.6 Å². The molecule has 5 heteroatoms. The van der Waals surface area contributed by atoms with Crippen LogP contribution >= 0.6 is 11.3 Å². The van der Waals surface area contributed by atoms with Crippen molar-refractivity contribution < 1.29 is 9.59 Å². The fraction of sp³-hybridized carbons (Fsp3) is 0.538. The van der Waals surface area contributed by atoms with Gasteiger partial charge in [-0.05, 0) is 38.4 Å². The van der Waals surface area contributed by atoms with Crippen LogP contribution in [0.1, 0.15) is 22.5 Å². The van der Waals surface area contributed by atoms with E-state index in [4.69, 9.17) is 0 Å². The molecule has 2 heterocycles. The van der Waals surface area contributed by atoms with Gasteiger partial charge in [0.2, 0.25) is 0 Å². The summed E-state index contributed by atoms with van der Waals surface area (Å²) < 4.78 is 0. The molecule has 0 aliphatic carbocycles. The largest absolute Gasteiger partial charge is 0.336 e. The number of likely N-dealkylation sites (tertiary alicyclic amines) is 1. The Bertz CT molecular complexity index is 420. The molecule has 1 aromatic rings. The molecule has 4 nitrogen and oxygen atoms in total. The third-order valence-corrected chi connectivity index (χ3v) is 4.29. The molecule has 0 radical (unpaired) electrons. The van der Waals surface area contributed by atoms with Crippen molar-refractivity contribution in [3.63, 3.8) is 0 Å². The molecule has 1 aliphatic rings. The Morgan fingerprint density at radius 1 is 1.33 bits per heavy atom. The molecule has 2 rings (SSSR count). The Morgan fingerprint density at radius 2 is 2.00 bits per heavy atom. The van der Waals surface area contributed by atoms with E-state index in [-0.39, 0.29) is 11.7 Å². The van der Waals surface area contributed by atoms with E-state index in [0.29, 0.717) is 24.0 Å². The molecule has 0 unspecified atom stereocenters. The lowest BCUT2D eigenvalue weighted by Gasteiger charge is -2.34. The number of rotatable bonds is 3. The molecule has 18 heavy (non-hydrogen) atoms. The van der Waals surface area contributed by atoms with Crippen molar-refractivity contribution in [2.45, 2.75) is 18.9 Å². The molecule has 0 N–H and O–H groups in total. The summed E-state index contributed by atoms with van der Waals surface area (Å²) in [6.07, 6.45) is 1.88. The van der Waals surface area contributed by atoms with Crippen molar-refractivity contribution in [1.82, 2.24) is 9.80 Å². The summed E-state index contributed by atoms with van der Waals surface area (Å²) in [6, 6.07) is 4.02. The Morgan fingerprint density at radius 3 is 2.50 bits per heavy atom. The van der Waals surface area contributed by atoms with E-state index in [0.717, 1.165) is 12.8 Å². The predicted octanol–water partition coefficient (Wildman–Crippen LogP) is 1.48. The number of thiophene rings is 1. The summed E-state index contributed by atoms with van der Waals surface area (Å²) in [7, 11) is 4.11. The van der Waals surface area contributed by atoms with E-state index in [1.807, 2.05) is 5.38 Å². The minimum Gasteiger partial charge on any atom is -0.336 e. The van der Waals surface area contributed by atoms with E-state index in [2.05, 4.69) is 19.0 Å². The molecule has 1 aliphatic heterocycles. The molecular weight excluding hydrogens is 248 g/mol. The zero-order valence-electron chi connectivity index (χ0n) is 10.8. The molecule has 1 fully saturated rings. The van der Waals surface area contributed by atoms with Crippen molar-refractivity contribution in [1.29, 1.82) is 0 Å². The van der Waals surface area contributed by atoms with Crippen LogP contribution in [0.4, 0.5) is 0 Å². The zero-order chi connectivity index (χ0) is 13.1. The van der Waals surface area contributed by atoms with Crippen molar-refractivity contribution >= 4 is 23.0 Å². The molecule has 0 bridgehead atoms. The van der Waals surface area contributed by atoms with Gasteiger partial charge in [-0.3, -0.25) is 9.59 Å². The van der Waals surface area contributed by atoms with Crippen LogP contribution in [0.15, 0.2) is 17.5 Å². The van der Waals surface area contributed by atoms with Crippen LogP contribution < -0.4 is 0 Å². The van der Waals surface area contributed by atoms with Crippen LogP contribution in [0.5, 0.6) is 0 Å². The van der Waals surface area contributed by atoms with Gasteiger partial charge in [-0.1, -0.05) is 6.07 Å². The van der Waals surface area contributed by atoms with Crippen LogP contribution in [-0.4, -0.2) is 54.7 Å². The fourth-order valence-corrected chi connectivity index (χ4v) is 2.90. The highest BCUT2D eigenvalue weighted by Gasteiger charge is 2.28. The maximum absolute atomic E-state index is 12.0. The van der Waals surface area contributed by atoms with E-state index in [1.165, 1.54) is 11.3 Å². The SMILES string of the molecule is CN(C)C1CCN(C(=O)C(=O)c2cccs2)CC1. The van der Waals surface area contributed by atoms with E-state index >= 15 is 0 Å². The number of ketones is 1. The summed E-state index contributed by atoms with van der Waals surface area (Å²) >= 11 is 1.32. The Kier molecular flexibility index (Phi) is 4.14. The number of Topliss-reactive ketones (excluding diaryl/α,β-unsaturated/α-hetero) is 1. The molecular formula is C13H18N2O2S. The normalized spacial score (nSPS) is 17.2. The van der Waals surface area contributed by atoms with Crippen LogP contribution in [0.3, 0.4) is 0 Å². The first kappa shape index (κ1) is 13.2. The highest BCUT2D eigenvalue weighted by atomic mass is 32.1. The first-order chi connectivity index (χ1) is 8.59. The van der Waals surface area contributed by atoms with Gasteiger partial charge in [0.1, 0.15) is 0 Å². The molecule has 98 valence electrons. The summed E-state index contributed by atoms with van der Waals surface area (Å²) in [4.78, 5) is 28.4. The maximum Gasteiger partial charge on any atom is 0.295 e. The molecule has 1 aromatic heterocycles. The van der Waals surface area contributed by atoms with E-state index < -0.39 is 0 Å². The molecule has 0 atom stereocenters. The van der Waals surface area contributed by atoms with Gasteiger partial charge in [-0.15, -0.1) is 11.3 Å². The van der Waals surface area contributed by atoms with Gasteiger partial charge >= 0.3 is 0 Å². The second kappa shape index (κ2) is 5.63. The highest BCUT2D eigenvalue weighted by molar-refractivity contribution is 7.12. The van der Waals surface area contributed by atoms with Crippen molar-refractivity contribution in [3.05, 3.63) is 22.4 Å². The van der Waals surface area contributed by atoms with Gasteiger partial charge in [0.15, 0.2) is 0 Å². The fourth-order valence-electron chi connectivity index (χ4n) is 2.24. The van der Waals surface area contributed by atoms with Gasteiger partial charge in [0, 0.05) is 19.1 Å². The lowest BCUT2D eigenvalue weighted by atomic mass is 10.0. The number of hydrogen-bond donors (Lipinski definition) is 0. The van der Waals surface area contributed by atoms with Crippen molar-refractivity contribution in [3.8, 4) is 0 Å². The first-order valence-electron chi connectivity index (χ1n) is 6.13. The second-order valence-electron chi connectivity index (χ2n) is 4.79. The van der Waals surface area contributed by atoms with Gasteiger partial charge in [0.25, 0.3) is 11.7 Å². The monoisotopic (exact) mass is 266 g/mol. The number of nitrogens with zero attached hydrogens (tertiary/aromatic N) is 2. The summed E-state index contributed by atoms with van der Waals surface area (Å²) in [6.45, 7) is 1.36. The highest BCUT2D eigenvalue weighted by Crippen LogP contribution is 2.17. The number of piperidine rings is 1. The summed E-state index contributed by atoms with van der Waals surface area (Å²) in [5.74, 6) is -0.719. The Labute approximate surface area is 111 Å². The second-order valence-corrected chi connectivity index (χ2v) is 5.74.